The number of nitrogens with one attached hydrogen (secondary N) is 1. The molecule has 1 amide bonds. The number of amides is 1. The van der Waals surface area contributed by atoms with E-state index in [2.05, 4.69) is 19.2 Å². The SMILES string of the molecule is CC(=O)Nc1ccccc1C1=C(c2ccc(C(F)(F)F)cc2)C(C)(C)C1. The van der Waals surface area contributed by atoms with Crippen LogP contribution in [0.15, 0.2) is 48.5 Å². The Kier molecular flexibility index (Phi) is 4.42. The largest absolute Gasteiger partial charge is 0.416 e. The fourth-order valence-electron chi connectivity index (χ4n) is 3.59. The van der Waals surface area contributed by atoms with E-state index in [-0.39, 0.29) is 11.3 Å². The third-order valence-corrected chi connectivity index (χ3v) is 4.66. The number of halogens is 3. The van der Waals surface area contributed by atoms with E-state index in [9.17, 15) is 18.0 Å². The molecule has 2 nitrogen and oxygen atoms in total. The Morgan fingerprint density at radius 2 is 1.65 bits per heavy atom. The van der Waals surface area contributed by atoms with E-state index >= 15 is 0 Å². The number of hydrogen-bond donors (Lipinski definition) is 1. The van der Waals surface area contributed by atoms with Crippen molar-refractivity contribution in [2.24, 2.45) is 5.41 Å². The first kappa shape index (κ1) is 18.2. The summed E-state index contributed by atoms with van der Waals surface area (Å²) in [5.41, 5.74) is 3.69. The molecule has 3 rings (SSSR count). The van der Waals surface area contributed by atoms with E-state index in [1.165, 1.54) is 19.1 Å². The van der Waals surface area contributed by atoms with Gasteiger partial charge in [-0.05, 0) is 46.7 Å². The molecule has 0 fully saturated rings. The second-order valence-corrected chi connectivity index (χ2v) is 7.22. The van der Waals surface area contributed by atoms with Crippen molar-refractivity contribution in [2.45, 2.75) is 33.4 Å². The molecule has 1 aliphatic carbocycles. The fraction of sp³-hybridized carbons (Fsp3) is 0.286. The number of anilines is 1. The van der Waals surface area contributed by atoms with Crippen molar-refractivity contribution >= 4 is 22.7 Å². The fourth-order valence-corrected chi connectivity index (χ4v) is 3.59. The van der Waals surface area contributed by atoms with Crippen LogP contribution in [0.4, 0.5) is 18.9 Å². The molecule has 26 heavy (non-hydrogen) atoms. The highest BCUT2D eigenvalue weighted by atomic mass is 19.4. The molecule has 5 heteroatoms. The van der Waals surface area contributed by atoms with Gasteiger partial charge in [0.2, 0.25) is 5.91 Å². The van der Waals surface area contributed by atoms with Gasteiger partial charge in [0.25, 0.3) is 0 Å². The van der Waals surface area contributed by atoms with Crippen molar-refractivity contribution in [1.82, 2.24) is 0 Å². The highest BCUT2D eigenvalue weighted by Crippen LogP contribution is 2.56. The second-order valence-electron chi connectivity index (χ2n) is 7.22. The Hall–Kier alpha value is -2.56. The number of hydrogen-bond acceptors (Lipinski definition) is 1. The third-order valence-electron chi connectivity index (χ3n) is 4.66. The van der Waals surface area contributed by atoms with Gasteiger partial charge >= 0.3 is 6.18 Å². The van der Waals surface area contributed by atoms with Crippen LogP contribution in [0, 0.1) is 5.41 Å². The van der Waals surface area contributed by atoms with Crippen LogP contribution in [0.25, 0.3) is 11.1 Å². The molecule has 0 bridgehead atoms. The predicted molar refractivity (Wildman–Crippen MR) is 97.4 cm³/mol. The number of allylic oxidation sites excluding steroid dienone is 2. The summed E-state index contributed by atoms with van der Waals surface area (Å²) in [6, 6.07) is 12.8. The highest BCUT2D eigenvalue weighted by molar-refractivity contribution is 6.04. The van der Waals surface area contributed by atoms with Crippen LogP contribution in [0.1, 0.15) is 43.9 Å². The van der Waals surface area contributed by atoms with Crippen LogP contribution in [0.2, 0.25) is 0 Å². The van der Waals surface area contributed by atoms with Crippen molar-refractivity contribution in [2.75, 3.05) is 5.32 Å². The first-order chi connectivity index (χ1) is 12.1. The Balaban J connectivity index is 2.08. The maximum Gasteiger partial charge on any atom is 0.416 e. The zero-order valence-corrected chi connectivity index (χ0v) is 14.9. The lowest BCUT2D eigenvalue weighted by atomic mass is 9.62. The van der Waals surface area contributed by atoms with E-state index < -0.39 is 11.7 Å². The molecule has 136 valence electrons. The van der Waals surface area contributed by atoms with Gasteiger partial charge in [0.15, 0.2) is 0 Å². The number of carbonyl (C=O) groups is 1. The Labute approximate surface area is 150 Å². The molecular formula is C21H20F3NO. The molecule has 0 aromatic heterocycles. The van der Waals surface area contributed by atoms with E-state index in [4.69, 9.17) is 0 Å². The highest BCUT2D eigenvalue weighted by Gasteiger charge is 2.39. The minimum Gasteiger partial charge on any atom is -0.326 e. The lowest BCUT2D eigenvalue weighted by Crippen LogP contribution is -2.26. The van der Waals surface area contributed by atoms with Gasteiger partial charge in [-0.15, -0.1) is 0 Å². The number of para-hydroxylation sites is 1. The molecule has 0 radical (unpaired) electrons. The van der Waals surface area contributed by atoms with Crippen molar-refractivity contribution < 1.29 is 18.0 Å². The maximum absolute atomic E-state index is 12.8. The summed E-state index contributed by atoms with van der Waals surface area (Å²) in [7, 11) is 0. The van der Waals surface area contributed by atoms with E-state index in [0.717, 1.165) is 46.5 Å². The summed E-state index contributed by atoms with van der Waals surface area (Å²) in [4.78, 5) is 11.5. The van der Waals surface area contributed by atoms with Gasteiger partial charge in [-0.2, -0.15) is 13.2 Å². The van der Waals surface area contributed by atoms with E-state index in [1.807, 2.05) is 24.3 Å². The minimum absolute atomic E-state index is 0.140. The molecule has 1 aliphatic rings. The van der Waals surface area contributed by atoms with Crippen LogP contribution in [0.3, 0.4) is 0 Å². The number of benzene rings is 2. The zero-order valence-electron chi connectivity index (χ0n) is 14.9. The van der Waals surface area contributed by atoms with Crippen LogP contribution in [0.5, 0.6) is 0 Å². The number of rotatable bonds is 3. The quantitative estimate of drug-likeness (QED) is 0.715. The van der Waals surface area contributed by atoms with Crippen molar-refractivity contribution in [1.29, 1.82) is 0 Å². The summed E-state index contributed by atoms with van der Waals surface area (Å²) in [5, 5.41) is 2.83. The summed E-state index contributed by atoms with van der Waals surface area (Å²) < 4.78 is 38.5. The molecule has 0 spiro atoms. The summed E-state index contributed by atoms with van der Waals surface area (Å²) in [6.07, 6.45) is -3.55. The molecule has 1 N–H and O–H groups in total. The van der Waals surface area contributed by atoms with Crippen LogP contribution >= 0.6 is 0 Å². The number of alkyl halides is 3. The van der Waals surface area contributed by atoms with Gasteiger partial charge in [-0.1, -0.05) is 44.2 Å². The average molecular weight is 359 g/mol. The Bertz CT molecular complexity index is 877. The molecule has 2 aromatic rings. The Morgan fingerprint density at radius 3 is 2.19 bits per heavy atom. The minimum atomic E-state index is -4.34. The third kappa shape index (κ3) is 3.39. The molecular weight excluding hydrogens is 339 g/mol. The van der Waals surface area contributed by atoms with Gasteiger partial charge < -0.3 is 5.32 Å². The molecule has 0 saturated carbocycles. The molecule has 2 aromatic carbocycles. The summed E-state index contributed by atoms with van der Waals surface area (Å²) >= 11 is 0. The summed E-state index contributed by atoms with van der Waals surface area (Å²) in [5.74, 6) is -0.160. The summed E-state index contributed by atoms with van der Waals surface area (Å²) in [6.45, 7) is 5.60. The van der Waals surface area contributed by atoms with Crippen LogP contribution in [-0.2, 0) is 11.0 Å². The van der Waals surface area contributed by atoms with Crippen molar-refractivity contribution in [3.05, 3.63) is 65.2 Å². The standard InChI is InChI=1S/C21H20F3NO/c1-13(26)25-18-7-5-4-6-16(18)17-12-20(2,3)19(17)14-8-10-15(11-9-14)21(22,23)24/h4-11H,12H2,1-3H3,(H,25,26). The van der Waals surface area contributed by atoms with E-state index in [0.29, 0.717) is 0 Å². The first-order valence-electron chi connectivity index (χ1n) is 8.38. The zero-order chi connectivity index (χ0) is 19.1. The monoisotopic (exact) mass is 359 g/mol. The molecule has 0 unspecified atom stereocenters. The lowest BCUT2D eigenvalue weighted by Gasteiger charge is -2.42. The van der Waals surface area contributed by atoms with Gasteiger partial charge in [0.05, 0.1) is 5.56 Å². The molecule has 0 saturated heterocycles. The average Bonchev–Trinajstić information content (AvgIpc) is 2.52. The topological polar surface area (TPSA) is 29.1 Å². The van der Waals surface area contributed by atoms with Gasteiger partial charge in [0, 0.05) is 18.2 Å². The van der Waals surface area contributed by atoms with E-state index in [1.54, 1.807) is 0 Å². The van der Waals surface area contributed by atoms with Gasteiger partial charge in [0.1, 0.15) is 0 Å². The molecule has 0 heterocycles. The lowest BCUT2D eigenvalue weighted by molar-refractivity contribution is -0.137. The Morgan fingerprint density at radius 1 is 1.04 bits per heavy atom. The predicted octanol–water partition coefficient (Wildman–Crippen LogP) is 6.00. The second kappa shape index (κ2) is 6.31. The first-order valence-corrected chi connectivity index (χ1v) is 8.38. The maximum atomic E-state index is 12.8. The number of carbonyl (C=O) groups excluding carboxylic acids is 1. The van der Waals surface area contributed by atoms with Gasteiger partial charge in [-0.3, -0.25) is 4.79 Å². The van der Waals surface area contributed by atoms with Crippen molar-refractivity contribution in [3.63, 3.8) is 0 Å². The van der Waals surface area contributed by atoms with Crippen LogP contribution in [-0.4, -0.2) is 5.91 Å². The van der Waals surface area contributed by atoms with Crippen LogP contribution < -0.4 is 5.32 Å². The molecule has 0 aliphatic heterocycles. The molecule has 0 atom stereocenters. The normalized spacial score (nSPS) is 16.2. The smallest absolute Gasteiger partial charge is 0.326 e. The van der Waals surface area contributed by atoms with Gasteiger partial charge in [-0.25, -0.2) is 0 Å². The van der Waals surface area contributed by atoms with Crippen molar-refractivity contribution in [3.8, 4) is 0 Å².